The molecule has 0 fully saturated rings. The van der Waals surface area contributed by atoms with Gasteiger partial charge in [0.15, 0.2) is 0 Å². The van der Waals surface area contributed by atoms with Crippen molar-refractivity contribution in [3.8, 4) is 0 Å². The number of nitrogens with zero attached hydrogens (tertiary/aromatic N) is 1. The number of nitrogens with one attached hydrogen (secondary N) is 2. The van der Waals surface area contributed by atoms with Gasteiger partial charge in [-0.2, -0.15) is 0 Å². The minimum absolute atomic E-state index is 0.106. The molecule has 4 N–H and O–H groups in total. The molecule has 1 aromatic heterocycles. The summed E-state index contributed by atoms with van der Waals surface area (Å²) in [5.41, 5.74) is 2.43. The van der Waals surface area contributed by atoms with Crippen LogP contribution >= 0.6 is 0 Å². The fourth-order valence-corrected chi connectivity index (χ4v) is 1.44. The van der Waals surface area contributed by atoms with E-state index in [1.54, 1.807) is 0 Å². The second-order valence-electron chi connectivity index (χ2n) is 3.65. The smallest absolute Gasteiger partial charge is 0.255 e. The molecule has 0 aliphatic heterocycles. The van der Waals surface area contributed by atoms with Gasteiger partial charge in [-0.3, -0.25) is 4.79 Å². The van der Waals surface area contributed by atoms with Crippen molar-refractivity contribution in [2.45, 2.75) is 0 Å². The molecule has 7 heteroatoms. The minimum atomic E-state index is -0.848. The van der Waals surface area contributed by atoms with Crippen LogP contribution in [0.15, 0.2) is 36.5 Å². The number of aromatic nitrogens is 1. The number of amides is 1. The van der Waals surface area contributed by atoms with Crippen molar-refractivity contribution in [3.63, 3.8) is 0 Å². The Morgan fingerprint density at radius 1 is 1.21 bits per heavy atom. The first kappa shape index (κ1) is 12.9. The molecule has 1 aromatic carbocycles. The van der Waals surface area contributed by atoms with Crippen molar-refractivity contribution < 1.29 is 13.6 Å². The molecule has 1 heterocycles. The van der Waals surface area contributed by atoms with Gasteiger partial charge in [0, 0.05) is 17.8 Å². The van der Waals surface area contributed by atoms with Crippen LogP contribution in [-0.2, 0) is 0 Å². The number of hydrogen-bond acceptors (Lipinski definition) is 4. The van der Waals surface area contributed by atoms with Crippen molar-refractivity contribution >= 4 is 17.4 Å². The van der Waals surface area contributed by atoms with Crippen LogP contribution in [0.3, 0.4) is 0 Å². The maximum atomic E-state index is 13.4. The van der Waals surface area contributed by atoms with E-state index in [0.29, 0.717) is 11.9 Å². The van der Waals surface area contributed by atoms with Gasteiger partial charge in [-0.15, -0.1) is 0 Å². The lowest BCUT2D eigenvalue weighted by atomic mass is 10.2. The van der Waals surface area contributed by atoms with Gasteiger partial charge >= 0.3 is 0 Å². The third-order valence-electron chi connectivity index (χ3n) is 2.35. The zero-order valence-corrected chi connectivity index (χ0v) is 9.65. The van der Waals surface area contributed by atoms with Crippen molar-refractivity contribution in [2.24, 2.45) is 5.84 Å². The van der Waals surface area contributed by atoms with Gasteiger partial charge in [0.1, 0.15) is 17.5 Å². The van der Waals surface area contributed by atoms with E-state index in [1.165, 1.54) is 18.3 Å². The van der Waals surface area contributed by atoms with Crippen LogP contribution in [0.4, 0.5) is 20.3 Å². The third-order valence-corrected chi connectivity index (χ3v) is 2.35. The van der Waals surface area contributed by atoms with Gasteiger partial charge in [-0.05, 0) is 24.3 Å². The number of hydrogen-bond donors (Lipinski definition) is 3. The predicted octanol–water partition coefficient (Wildman–Crippen LogP) is 1.90. The number of rotatable bonds is 3. The Bertz CT molecular complexity index is 618. The summed E-state index contributed by atoms with van der Waals surface area (Å²) in [5.74, 6) is 3.35. The van der Waals surface area contributed by atoms with Gasteiger partial charge in [-0.1, -0.05) is 0 Å². The number of hydrazine groups is 1. The second-order valence-corrected chi connectivity index (χ2v) is 3.65. The maximum Gasteiger partial charge on any atom is 0.255 e. The van der Waals surface area contributed by atoms with E-state index in [9.17, 15) is 13.6 Å². The van der Waals surface area contributed by atoms with Gasteiger partial charge in [-0.25, -0.2) is 19.6 Å². The molecule has 0 spiro atoms. The fourth-order valence-electron chi connectivity index (χ4n) is 1.44. The monoisotopic (exact) mass is 264 g/mol. The fraction of sp³-hybridized carbons (Fsp3) is 0. The molecular weight excluding hydrogens is 254 g/mol. The molecular formula is C12H10F2N4O. The lowest BCUT2D eigenvalue weighted by Crippen LogP contribution is -2.15. The quantitative estimate of drug-likeness (QED) is 0.584. The molecule has 2 rings (SSSR count). The van der Waals surface area contributed by atoms with Crippen LogP contribution in [0.2, 0.25) is 0 Å². The number of anilines is 2. The molecule has 0 aliphatic carbocycles. The van der Waals surface area contributed by atoms with Crippen LogP contribution in [-0.4, -0.2) is 10.9 Å². The summed E-state index contributed by atoms with van der Waals surface area (Å²) in [6.07, 6.45) is 1.38. The summed E-state index contributed by atoms with van der Waals surface area (Å²) in [6.45, 7) is 0. The van der Waals surface area contributed by atoms with Gasteiger partial charge in [0.05, 0.1) is 5.69 Å². The zero-order chi connectivity index (χ0) is 13.8. The summed E-state index contributed by atoms with van der Waals surface area (Å²) in [4.78, 5) is 15.7. The first-order chi connectivity index (χ1) is 9.10. The van der Waals surface area contributed by atoms with Crippen LogP contribution in [0.25, 0.3) is 0 Å². The lowest BCUT2D eigenvalue weighted by Gasteiger charge is -2.07. The number of benzene rings is 1. The number of nitrogen functional groups attached to an aromatic ring is 1. The highest BCUT2D eigenvalue weighted by atomic mass is 19.1. The van der Waals surface area contributed by atoms with E-state index in [4.69, 9.17) is 5.84 Å². The maximum absolute atomic E-state index is 13.4. The molecule has 5 nitrogen and oxygen atoms in total. The van der Waals surface area contributed by atoms with E-state index in [2.05, 4.69) is 15.7 Å². The van der Waals surface area contributed by atoms with E-state index in [-0.39, 0.29) is 11.3 Å². The molecule has 0 saturated heterocycles. The molecule has 2 aromatic rings. The second kappa shape index (κ2) is 5.40. The van der Waals surface area contributed by atoms with E-state index < -0.39 is 17.5 Å². The number of halogens is 2. The summed E-state index contributed by atoms with van der Waals surface area (Å²) in [7, 11) is 0. The van der Waals surface area contributed by atoms with Crippen LogP contribution in [0.5, 0.6) is 0 Å². The predicted molar refractivity (Wildman–Crippen MR) is 66.4 cm³/mol. The minimum Gasteiger partial charge on any atom is -0.319 e. The Morgan fingerprint density at radius 3 is 2.68 bits per heavy atom. The molecule has 98 valence electrons. The normalized spacial score (nSPS) is 10.1. The Morgan fingerprint density at radius 2 is 2.00 bits per heavy atom. The standard InChI is InChI=1S/C12H10F2N4O/c13-8-1-2-10(9(14)6-8)17-12(19)7-3-4-16-11(5-7)18-15/h1-6H,15H2,(H,16,18)(H,17,19). The van der Waals surface area contributed by atoms with Crippen LogP contribution < -0.4 is 16.6 Å². The highest BCUT2D eigenvalue weighted by Gasteiger charge is 2.10. The molecule has 0 radical (unpaired) electrons. The van der Waals surface area contributed by atoms with Crippen molar-refractivity contribution in [1.82, 2.24) is 4.98 Å². The highest BCUT2D eigenvalue weighted by molar-refractivity contribution is 6.04. The van der Waals surface area contributed by atoms with Gasteiger partial charge < -0.3 is 10.7 Å². The molecule has 0 atom stereocenters. The average molecular weight is 264 g/mol. The molecule has 0 saturated carbocycles. The number of pyridine rings is 1. The largest absolute Gasteiger partial charge is 0.319 e. The molecule has 0 bridgehead atoms. The zero-order valence-electron chi connectivity index (χ0n) is 9.65. The third kappa shape index (κ3) is 3.02. The van der Waals surface area contributed by atoms with Gasteiger partial charge in [0.25, 0.3) is 5.91 Å². The van der Waals surface area contributed by atoms with Crippen molar-refractivity contribution in [1.29, 1.82) is 0 Å². The Hall–Kier alpha value is -2.54. The summed E-state index contributed by atoms with van der Waals surface area (Å²) < 4.78 is 26.1. The Kier molecular flexibility index (Phi) is 3.67. The molecule has 0 aliphatic rings. The summed E-state index contributed by atoms with van der Waals surface area (Å²) >= 11 is 0. The number of carbonyl (C=O) groups excluding carboxylic acids is 1. The molecule has 1 amide bonds. The number of carbonyl (C=O) groups is 1. The van der Waals surface area contributed by atoms with Crippen molar-refractivity contribution in [3.05, 3.63) is 53.7 Å². The van der Waals surface area contributed by atoms with E-state index in [0.717, 1.165) is 12.1 Å². The summed E-state index contributed by atoms with van der Waals surface area (Å²) in [5, 5.41) is 2.33. The first-order valence-corrected chi connectivity index (χ1v) is 5.29. The molecule has 19 heavy (non-hydrogen) atoms. The van der Waals surface area contributed by atoms with Gasteiger partial charge in [0.2, 0.25) is 0 Å². The van der Waals surface area contributed by atoms with Crippen LogP contribution in [0, 0.1) is 11.6 Å². The SMILES string of the molecule is NNc1cc(C(=O)Nc2ccc(F)cc2F)ccn1. The van der Waals surface area contributed by atoms with E-state index >= 15 is 0 Å². The van der Waals surface area contributed by atoms with E-state index in [1.807, 2.05) is 0 Å². The topological polar surface area (TPSA) is 80.0 Å². The Labute approximate surface area is 107 Å². The highest BCUT2D eigenvalue weighted by Crippen LogP contribution is 2.16. The molecule has 0 unspecified atom stereocenters. The number of nitrogens with two attached hydrogens (primary N) is 1. The summed E-state index contributed by atoms with van der Waals surface area (Å²) in [6, 6.07) is 5.73. The van der Waals surface area contributed by atoms with Crippen molar-refractivity contribution in [2.75, 3.05) is 10.7 Å². The lowest BCUT2D eigenvalue weighted by molar-refractivity contribution is 0.102. The first-order valence-electron chi connectivity index (χ1n) is 5.29. The van der Waals surface area contributed by atoms with Crippen LogP contribution in [0.1, 0.15) is 10.4 Å². The average Bonchev–Trinajstić information content (AvgIpc) is 2.42. The Balaban J connectivity index is 2.20.